The number of hydrogen-bond donors (Lipinski definition) is 2. The number of nitrogens with zero attached hydrogens (tertiary/aromatic N) is 6. The molecule has 3 rings (SSSR count). The lowest BCUT2D eigenvalue weighted by atomic mass is 10.3. The van der Waals surface area contributed by atoms with E-state index in [1.54, 1.807) is 23.5 Å². The Morgan fingerprint density at radius 2 is 0.971 bits per heavy atom. The van der Waals surface area contributed by atoms with Crippen LogP contribution in [0, 0.1) is 10.8 Å². The van der Waals surface area contributed by atoms with Crippen molar-refractivity contribution in [3.8, 4) is 0 Å². The van der Waals surface area contributed by atoms with E-state index in [-0.39, 0.29) is 0 Å². The van der Waals surface area contributed by atoms with Crippen LogP contribution in [0.3, 0.4) is 0 Å². The second-order valence-corrected chi connectivity index (χ2v) is 10.6. The van der Waals surface area contributed by atoms with E-state index in [0.29, 0.717) is 33.3 Å². The van der Waals surface area contributed by atoms with Gasteiger partial charge >= 0.3 is 0 Å². The Balaban J connectivity index is 2.19. The van der Waals surface area contributed by atoms with Gasteiger partial charge in [-0.15, -0.1) is 0 Å². The zero-order valence-corrected chi connectivity index (χ0v) is 22.6. The van der Waals surface area contributed by atoms with Gasteiger partial charge in [0.15, 0.2) is 43.6 Å². The third-order valence-electron chi connectivity index (χ3n) is 5.64. The third kappa shape index (κ3) is 6.19. The van der Waals surface area contributed by atoms with Crippen molar-refractivity contribution in [3.63, 3.8) is 0 Å². The summed E-state index contributed by atoms with van der Waals surface area (Å²) >= 11 is 3.36. The fourth-order valence-electron chi connectivity index (χ4n) is 3.52. The van der Waals surface area contributed by atoms with Crippen LogP contribution in [0.1, 0.15) is 79.1 Å². The molecule has 3 heterocycles. The van der Waals surface area contributed by atoms with Crippen LogP contribution in [0.25, 0.3) is 22.3 Å². The average molecular weight is 503 g/mol. The smallest absolute Gasteiger partial charge is 0.185 e. The Labute approximate surface area is 210 Å². The Hall–Kier alpha value is -1.94. The summed E-state index contributed by atoms with van der Waals surface area (Å²) in [5.74, 6) is 1.92. The lowest BCUT2D eigenvalue weighted by molar-refractivity contribution is 0.541. The van der Waals surface area contributed by atoms with Crippen molar-refractivity contribution in [1.82, 2.24) is 29.1 Å². The van der Waals surface area contributed by atoms with E-state index in [0.717, 1.165) is 86.3 Å². The normalized spacial score (nSPS) is 11.6. The van der Waals surface area contributed by atoms with Crippen LogP contribution in [0.4, 0.5) is 0 Å². The lowest BCUT2D eigenvalue weighted by Gasteiger charge is -2.15. The molecular formula is C24H38N8S2. The van der Waals surface area contributed by atoms with Crippen LogP contribution in [0.2, 0.25) is 0 Å². The summed E-state index contributed by atoms with van der Waals surface area (Å²) < 4.78 is 3.94. The quantitative estimate of drug-likeness (QED) is 0.130. The van der Waals surface area contributed by atoms with Gasteiger partial charge in [0.25, 0.3) is 0 Å². The molecule has 0 amide bonds. The maximum Gasteiger partial charge on any atom is 0.185 e. The van der Waals surface area contributed by atoms with Crippen molar-refractivity contribution < 1.29 is 0 Å². The SMILES string of the molecule is CCCCSc1nc2nc3c(=N)n(CCCC)c(SCCCC)nc3nc2c(=N)n1CCCC. The summed E-state index contributed by atoms with van der Waals surface area (Å²) in [4.78, 5) is 19.2. The summed E-state index contributed by atoms with van der Waals surface area (Å²) in [7, 11) is 0. The van der Waals surface area contributed by atoms with Gasteiger partial charge in [-0.25, -0.2) is 19.9 Å². The fraction of sp³-hybridized carbons (Fsp3) is 0.667. The maximum absolute atomic E-state index is 8.91. The minimum absolute atomic E-state index is 0.336. The zero-order chi connectivity index (χ0) is 24.5. The number of aromatic nitrogens is 6. The monoisotopic (exact) mass is 502 g/mol. The van der Waals surface area contributed by atoms with Crippen LogP contribution in [-0.4, -0.2) is 40.6 Å². The molecule has 0 aliphatic heterocycles. The highest BCUT2D eigenvalue weighted by Crippen LogP contribution is 2.21. The number of hydrogen-bond acceptors (Lipinski definition) is 8. The summed E-state index contributed by atoms with van der Waals surface area (Å²) in [6.45, 7) is 10.2. The Morgan fingerprint density at radius 1 is 0.588 bits per heavy atom. The van der Waals surface area contributed by atoms with Gasteiger partial charge in [-0.1, -0.05) is 76.9 Å². The Bertz CT molecular complexity index is 1120. The van der Waals surface area contributed by atoms with Gasteiger partial charge in [0.1, 0.15) is 0 Å². The highest BCUT2D eigenvalue weighted by molar-refractivity contribution is 7.99. The van der Waals surface area contributed by atoms with Crippen LogP contribution in [0.5, 0.6) is 0 Å². The zero-order valence-electron chi connectivity index (χ0n) is 21.0. The highest BCUT2D eigenvalue weighted by Gasteiger charge is 2.17. The van der Waals surface area contributed by atoms with Gasteiger partial charge in [-0.05, 0) is 25.7 Å². The van der Waals surface area contributed by atoms with Crippen molar-refractivity contribution in [3.05, 3.63) is 11.0 Å². The number of thioether (sulfide) groups is 2. The van der Waals surface area contributed by atoms with Gasteiger partial charge in [-0.2, -0.15) is 0 Å². The van der Waals surface area contributed by atoms with Gasteiger partial charge in [-0.3, -0.25) is 10.8 Å². The predicted molar refractivity (Wildman–Crippen MR) is 141 cm³/mol. The highest BCUT2D eigenvalue weighted by atomic mass is 32.2. The second-order valence-electron chi connectivity index (χ2n) is 8.47. The molecule has 10 heteroatoms. The van der Waals surface area contributed by atoms with Crippen molar-refractivity contribution in [2.75, 3.05) is 11.5 Å². The van der Waals surface area contributed by atoms with E-state index in [1.807, 2.05) is 9.13 Å². The van der Waals surface area contributed by atoms with Gasteiger partial charge in [0, 0.05) is 24.6 Å². The molecular weight excluding hydrogens is 464 g/mol. The van der Waals surface area contributed by atoms with Crippen molar-refractivity contribution in [2.24, 2.45) is 0 Å². The molecule has 0 aliphatic carbocycles. The molecule has 34 heavy (non-hydrogen) atoms. The molecule has 3 aromatic heterocycles. The minimum Gasteiger partial charge on any atom is -0.304 e. The molecule has 0 aromatic carbocycles. The van der Waals surface area contributed by atoms with Gasteiger partial charge in [0.05, 0.1) is 0 Å². The Kier molecular flexibility index (Phi) is 10.4. The van der Waals surface area contributed by atoms with Crippen LogP contribution < -0.4 is 11.0 Å². The standard InChI is InChI=1S/C24H38N8S2/c1-5-9-13-31-19(25)17-21(29-23(31)33-15-11-7-3)28-18-20(26)32(14-10-6-2)24(30-22(18)27-17)34-16-12-8-4/h25-26H,5-16H2,1-4H3. The number of unbranched alkanes of at least 4 members (excludes halogenated alkanes) is 4. The average Bonchev–Trinajstić information content (AvgIpc) is 2.83. The summed E-state index contributed by atoms with van der Waals surface area (Å²) in [6.07, 6.45) is 8.51. The van der Waals surface area contributed by atoms with Gasteiger partial charge in [0.2, 0.25) is 0 Å². The molecule has 0 aliphatic rings. The Morgan fingerprint density at radius 3 is 1.32 bits per heavy atom. The number of fused-ring (bicyclic) bond motifs is 2. The predicted octanol–water partition coefficient (Wildman–Crippen LogP) is 5.52. The first kappa shape index (κ1) is 26.7. The first-order valence-corrected chi connectivity index (χ1v) is 14.6. The number of nitrogens with one attached hydrogen (secondary N) is 2. The molecule has 0 fully saturated rings. The molecule has 2 N–H and O–H groups in total. The first-order valence-electron chi connectivity index (χ1n) is 12.6. The largest absolute Gasteiger partial charge is 0.304 e. The van der Waals surface area contributed by atoms with E-state index in [9.17, 15) is 0 Å². The molecule has 0 saturated carbocycles. The van der Waals surface area contributed by atoms with Gasteiger partial charge < -0.3 is 9.13 Å². The van der Waals surface area contributed by atoms with E-state index < -0.39 is 0 Å². The first-order chi connectivity index (χ1) is 16.5. The van der Waals surface area contributed by atoms with E-state index in [2.05, 4.69) is 27.7 Å². The third-order valence-corrected chi connectivity index (χ3v) is 7.77. The van der Waals surface area contributed by atoms with Crippen LogP contribution >= 0.6 is 23.5 Å². The van der Waals surface area contributed by atoms with Crippen molar-refractivity contribution in [1.29, 1.82) is 10.8 Å². The van der Waals surface area contributed by atoms with E-state index >= 15 is 0 Å². The molecule has 0 spiro atoms. The fourth-order valence-corrected chi connectivity index (χ4v) is 5.73. The molecule has 0 atom stereocenters. The summed E-state index contributed by atoms with van der Waals surface area (Å²) in [5.41, 5.74) is 2.48. The molecule has 0 radical (unpaired) electrons. The van der Waals surface area contributed by atoms with Crippen LogP contribution in [-0.2, 0) is 13.1 Å². The summed E-state index contributed by atoms with van der Waals surface area (Å²) in [6, 6.07) is 0. The maximum atomic E-state index is 8.91. The summed E-state index contributed by atoms with van der Waals surface area (Å²) in [5, 5.41) is 19.5. The topological polar surface area (TPSA) is 109 Å². The van der Waals surface area contributed by atoms with E-state index in [1.165, 1.54) is 0 Å². The number of rotatable bonds is 14. The molecule has 8 nitrogen and oxygen atoms in total. The molecule has 3 aromatic rings. The molecule has 0 saturated heterocycles. The van der Waals surface area contributed by atoms with E-state index in [4.69, 9.17) is 30.8 Å². The van der Waals surface area contributed by atoms with Crippen molar-refractivity contribution >= 4 is 45.9 Å². The second kappa shape index (κ2) is 13.2. The molecule has 186 valence electrons. The van der Waals surface area contributed by atoms with Crippen LogP contribution in [0.15, 0.2) is 10.3 Å². The minimum atomic E-state index is 0.336. The molecule has 0 bridgehead atoms. The molecule has 0 unspecified atom stereocenters. The lowest BCUT2D eigenvalue weighted by Crippen LogP contribution is -2.28. The van der Waals surface area contributed by atoms with Crippen molar-refractivity contribution in [2.45, 2.75) is 102 Å².